The van der Waals surface area contributed by atoms with Crippen LogP contribution >= 0.6 is 11.8 Å². The van der Waals surface area contributed by atoms with Gasteiger partial charge in [-0.1, -0.05) is 108 Å². The van der Waals surface area contributed by atoms with Crippen molar-refractivity contribution in [3.05, 3.63) is 109 Å². The summed E-state index contributed by atoms with van der Waals surface area (Å²) in [5.41, 5.74) is 1.85. The summed E-state index contributed by atoms with van der Waals surface area (Å²) in [4.78, 5) is 1.10. The van der Waals surface area contributed by atoms with Crippen LogP contribution in [0.3, 0.4) is 0 Å². The molecule has 1 saturated heterocycles. The molecule has 9 heteroatoms. The second kappa shape index (κ2) is 18.6. The number of fused-ring (bicyclic) bond motifs is 1. The highest BCUT2D eigenvalue weighted by Crippen LogP contribution is 2.54. The van der Waals surface area contributed by atoms with E-state index in [1.807, 2.05) is 68.5 Å². The second-order valence-electron chi connectivity index (χ2n) is 16.3. The molecular formula is C45H64O7SSi. The first-order chi connectivity index (χ1) is 25.8. The molecule has 2 fully saturated rings. The summed E-state index contributed by atoms with van der Waals surface area (Å²) in [6, 6.07) is 28.6. The smallest absolute Gasteiger partial charge is 0.200 e. The molecular weight excluding hydrogens is 713 g/mol. The highest BCUT2D eigenvalue weighted by Gasteiger charge is 2.69. The normalized spacial score (nSPS) is 25.9. The van der Waals surface area contributed by atoms with Gasteiger partial charge in [0.1, 0.15) is 29.7 Å². The third-order valence-corrected chi connectivity index (χ3v) is 18.8. The summed E-state index contributed by atoms with van der Waals surface area (Å²) in [6.07, 6.45) is -0.0435. The molecule has 0 aromatic heterocycles. The van der Waals surface area contributed by atoms with Gasteiger partial charge in [0.2, 0.25) is 8.32 Å². The van der Waals surface area contributed by atoms with Gasteiger partial charge in [-0.25, -0.2) is 0 Å². The number of methoxy groups -OCH3 is 1. The predicted octanol–water partition coefficient (Wildman–Crippen LogP) is 10.4. The Morgan fingerprint density at radius 3 is 1.96 bits per heavy atom. The molecule has 3 aromatic rings. The van der Waals surface area contributed by atoms with Crippen molar-refractivity contribution in [3.8, 4) is 5.75 Å². The minimum Gasteiger partial charge on any atom is -0.497 e. The van der Waals surface area contributed by atoms with Crippen LogP contribution in [0.2, 0.25) is 16.6 Å². The lowest BCUT2D eigenvalue weighted by molar-refractivity contribution is -0.268. The SMILES string of the molecule is C=CCC[C@@H](O)[C@H]1[C@@H](O[Si](C(C)C)(C(C)C)C(C)C)[C@@H]2OC(C)(C)O[C@@H]2[C@H](OCc2ccc(OC)cc2)[C@]1(CSc1ccccc1)OCc1ccccc1. The van der Waals surface area contributed by atoms with E-state index in [4.69, 9.17) is 28.1 Å². The molecule has 7 nitrogen and oxygen atoms in total. The highest BCUT2D eigenvalue weighted by molar-refractivity contribution is 7.99. The van der Waals surface area contributed by atoms with E-state index >= 15 is 0 Å². The summed E-state index contributed by atoms with van der Waals surface area (Å²) in [5.74, 6) is -0.196. The molecule has 7 atom stereocenters. The lowest BCUT2D eigenvalue weighted by atomic mass is 9.66. The number of hydrogen-bond donors (Lipinski definition) is 1. The minimum absolute atomic E-state index is 0.303. The van der Waals surface area contributed by atoms with E-state index in [2.05, 4.69) is 84.5 Å². The van der Waals surface area contributed by atoms with Gasteiger partial charge in [0.25, 0.3) is 0 Å². The van der Waals surface area contributed by atoms with E-state index in [9.17, 15) is 5.11 Å². The van der Waals surface area contributed by atoms with Gasteiger partial charge in [-0.05, 0) is 78.7 Å². The fraction of sp³-hybridized carbons (Fsp3) is 0.556. The Kier molecular flexibility index (Phi) is 14.7. The maximum absolute atomic E-state index is 12.8. The summed E-state index contributed by atoms with van der Waals surface area (Å²) in [6.45, 7) is 22.4. The van der Waals surface area contributed by atoms with E-state index < -0.39 is 56.1 Å². The van der Waals surface area contributed by atoms with Crippen molar-refractivity contribution >= 4 is 20.1 Å². The molecule has 2 aliphatic rings. The van der Waals surface area contributed by atoms with Crippen LogP contribution in [0.5, 0.6) is 5.75 Å². The molecule has 0 amide bonds. The van der Waals surface area contributed by atoms with E-state index in [0.717, 1.165) is 21.8 Å². The highest BCUT2D eigenvalue weighted by atomic mass is 32.2. The van der Waals surface area contributed by atoms with Crippen molar-refractivity contribution in [1.29, 1.82) is 0 Å². The Bertz CT molecular complexity index is 1520. The first-order valence-electron chi connectivity index (χ1n) is 19.7. The first kappa shape index (κ1) is 42.7. The fourth-order valence-electron chi connectivity index (χ4n) is 9.10. The molecule has 0 spiro atoms. The van der Waals surface area contributed by atoms with Crippen LogP contribution in [-0.4, -0.2) is 68.2 Å². The summed E-state index contributed by atoms with van der Waals surface area (Å²) in [5, 5.41) is 12.8. The monoisotopic (exact) mass is 776 g/mol. The zero-order chi connectivity index (χ0) is 39.1. The van der Waals surface area contributed by atoms with Crippen molar-refractivity contribution in [2.75, 3.05) is 12.9 Å². The Labute approximate surface area is 330 Å². The van der Waals surface area contributed by atoms with Crippen LogP contribution in [0.15, 0.2) is 102 Å². The Hall–Kier alpha value is -2.47. The van der Waals surface area contributed by atoms with Crippen LogP contribution in [0.4, 0.5) is 0 Å². The lowest BCUT2D eigenvalue weighted by Gasteiger charge is -2.58. The molecule has 1 heterocycles. The van der Waals surface area contributed by atoms with E-state index in [0.29, 0.717) is 48.4 Å². The number of ether oxygens (including phenoxy) is 5. The topological polar surface area (TPSA) is 75.6 Å². The average molecular weight is 777 g/mol. The standard InChI is InChI=1S/C45H64O7SSi/c1-11-12-23-38(46)39-40(52-54(31(2)3,32(4)5)33(6)7)41-42(51-44(8,9)50-41)43(48-28-35-24-26-36(47-10)27-25-35)45(39,30-53-37-21-17-14-18-22-37)49-29-34-19-15-13-16-20-34/h11,13-22,24-27,31-33,38-43,46H,1,12,23,28-30H2,2-10H3/t38-,39+,40-,41+,42+,43+,45-/m1/s1. The molecule has 3 aromatic carbocycles. The molecule has 296 valence electrons. The third-order valence-electron chi connectivity index (χ3n) is 11.5. The molecule has 54 heavy (non-hydrogen) atoms. The summed E-state index contributed by atoms with van der Waals surface area (Å²) >= 11 is 1.72. The van der Waals surface area contributed by atoms with Crippen LogP contribution in [0, 0.1) is 5.92 Å². The summed E-state index contributed by atoms with van der Waals surface area (Å²) < 4.78 is 41.9. The molecule has 0 radical (unpaired) electrons. The van der Waals surface area contributed by atoms with Gasteiger partial charge < -0.3 is 33.2 Å². The van der Waals surface area contributed by atoms with Gasteiger partial charge in [0.05, 0.1) is 32.5 Å². The first-order valence-corrected chi connectivity index (χ1v) is 22.8. The van der Waals surface area contributed by atoms with E-state index in [1.165, 1.54) is 0 Å². The van der Waals surface area contributed by atoms with Gasteiger partial charge in [-0.2, -0.15) is 0 Å². The number of rotatable bonds is 19. The lowest BCUT2D eigenvalue weighted by Crippen LogP contribution is -2.74. The Morgan fingerprint density at radius 1 is 0.815 bits per heavy atom. The molecule has 1 aliphatic carbocycles. The molecule has 5 rings (SSSR count). The van der Waals surface area contributed by atoms with Crippen LogP contribution in [0.25, 0.3) is 0 Å². The quantitative estimate of drug-likeness (QED) is 0.0733. The molecule has 0 bridgehead atoms. The number of benzene rings is 3. The number of hydrogen-bond acceptors (Lipinski definition) is 8. The maximum atomic E-state index is 12.8. The van der Waals surface area contributed by atoms with Crippen LogP contribution < -0.4 is 4.74 Å². The van der Waals surface area contributed by atoms with Crippen molar-refractivity contribution < 1.29 is 33.2 Å². The van der Waals surface area contributed by atoms with Crippen LogP contribution in [-0.2, 0) is 36.6 Å². The van der Waals surface area contributed by atoms with Gasteiger partial charge in [-0.15, -0.1) is 18.3 Å². The number of thioether (sulfide) groups is 1. The van der Waals surface area contributed by atoms with Crippen molar-refractivity contribution in [3.63, 3.8) is 0 Å². The van der Waals surface area contributed by atoms with Gasteiger partial charge in [0.15, 0.2) is 5.79 Å². The Morgan fingerprint density at radius 2 is 1.39 bits per heavy atom. The second-order valence-corrected chi connectivity index (χ2v) is 22.8. The van der Waals surface area contributed by atoms with Crippen molar-refractivity contribution in [2.45, 2.75) is 145 Å². The zero-order valence-electron chi connectivity index (χ0n) is 33.9. The van der Waals surface area contributed by atoms with Gasteiger partial charge in [-0.3, -0.25) is 0 Å². The van der Waals surface area contributed by atoms with Gasteiger partial charge in [0, 0.05) is 16.6 Å². The van der Waals surface area contributed by atoms with Crippen molar-refractivity contribution in [1.82, 2.24) is 0 Å². The van der Waals surface area contributed by atoms with Gasteiger partial charge >= 0.3 is 0 Å². The average Bonchev–Trinajstić information content (AvgIpc) is 3.48. The maximum Gasteiger partial charge on any atom is 0.200 e. The largest absolute Gasteiger partial charge is 0.497 e. The van der Waals surface area contributed by atoms with E-state index in [1.54, 1.807) is 18.9 Å². The minimum atomic E-state index is -2.56. The van der Waals surface area contributed by atoms with E-state index in [-0.39, 0.29) is 0 Å². The molecule has 0 unspecified atom stereocenters. The van der Waals surface area contributed by atoms with Crippen LogP contribution in [0.1, 0.15) is 79.4 Å². The summed E-state index contributed by atoms with van der Waals surface area (Å²) in [7, 11) is -0.892. The molecule has 1 aliphatic heterocycles. The third kappa shape index (κ3) is 9.38. The molecule has 1 N–H and O–H groups in total. The fourth-order valence-corrected chi connectivity index (χ4v) is 15.9. The molecule has 1 saturated carbocycles. The number of allylic oxidation sites excluding steroid dienone is 1. The van der Waals surface area contributed by atoms with Crippen molar-refractivity contribution in [2.24, 2.45) is 5.92 Å². The zero-order valence-corrected chi connectivity index (χ0v) is 35.7. The predicted molar refractivity (Wildman–Crippen MR) is 221 cm³/mol. The number of aliphatic hydroxyl groups excluding tert-OH is 1. The number of aliphatic hydroxyl groups is 1. The Balaban J connectivity index is 1.75.